The SMILES string of the molecule is CO/N=C(\C(=O)CCl)C(=O)NC1C(=O)N2C(C(=O)O)=C(COC(C)=O)CS[C@H]12. The molecule has 2 aliphatic heterocycles. The highest BCUT2D eigenvalue weighted by atomic mass is 35.5. The molecule has 0 radical (unpaired) electrons. The topological polar surface area (TPSA) is 152 Å². The smallest absolute Gasteiger partial charge is 0.352 e. The van der Waals surface area contributed by atoms with E-state index in [4.69, 9.17) is 16.3 Å². The van der Waals surface area contributed by atoms with Crippen LogP contribution in [0.15, 0.2) is 16.4 Å². The lowest BCUT2D eigenvalue weighted by Crippen LogP contribution is -2.71. The van der Waals surface area contributed by atoms with Crippen LogP contribution < -0.4 is 5.32 Å². The minimum Gasteiger partial charge on any atom is -0.477 e. The van der Waals surface area contributed by atoms with Gasteiger partial charge in [0.1, 0.15) is 30.8 Å². The van der Waals surface area contributed by atoms with Crippen LogP contribution in [-0.4, -0.2) is 82.0 Å². The molecule has 0 bridgehead atoms. The molecule has 2 N–H and O–H groups in total. The van der Waals surface area contributed by atoms with E-state index in [-0.39, 0.29) is 23.6 Å². The maximum absolute atomic E-state index is 12.5. The molecule has 2 atom stereocenters. The van der Waals surface area contributed by atoms with Crippen molar-refractivity contribution in [3.8, 4) is 0 Å². The summed E-state index contributed by atoms with van der Waals surface area (Å²) in [6, 6.07) is -1.06. The lowest BCUT2D eigenvalue weighted by molar-refractivity contribution is -0.150. The molecule has 1 saturated heterocycles. The van der Waals surface area contributed by atoms with Crippen LogP contribution in [0, 0.1) is 0 Å². The largest absolute Gasteiger partial charge is 0.477 e. The molecule has 2 aliphatic rings. The second-order valence-corrected chi connectivity index (χ2v) is 6.95. The van der Waals surface area contributed by atoms with Crippen molar-refractivity contribution in [2.75, 3.05) is 25.3 Å². The van der Waals surface area contributed by atoms with Crippen molar-refractivity contribution in [2.24, 2.45) is 5.16 Å². The number of fused-ring (bicyclic) bond motifs is 1. The number of hydrogen-bond donors (Lipinski definition) is 2. The number of esters is 1. The third kappa shape index (κ3) is 4.28. The number of carbonyl (C=O) groups is 5. The van der Waals surface area contributed by atoms with Crippen molar-refractivity contribution in [2.45, 2.75) is 18.3 Å². The Bertz CT molecular complexity index is 796. The molecule has 1 unspecified atom stereocenters. The maximum atomic E-state index is 12.5. The number of carbonyl (C=O) groups excluding carboxylic acids is 4. The molecule has 2 heterocycles. The average Bonchev–Trinajstić information content (AvgIpc) is 2.66. The molecule has 0 aromatic carbocycles. The number of ether oxygens (including phenoxy) is 1. The molecule has 28 heavy (non-hydrogen) atoms. The summed E-state index contributed by atoms with van der Waals surface area (Å²) in [4.78, 5) is 64.4. The van der Waals surface area contributed by atoms with Gasteiger partial charge >= 0.3 is 11.9 Å². The number of rotatable bonds is 8. The summed E-state index contributed by atoms with van der Waals surface area (Å²) in [5.74, 6) is -4.71. The van der Waals surface area contributed by atoms with E-state index < -0.39 is 52.5 Å². The van der Waals surface area contributed by atoms with Crippen molar-refractivity contribution in [1.29, 1.82) is 0 Å². The Kier molecular flexibility index (Phi) is 7.02. The molecule has 13 heteroatoms. The van der Waals surface area contributed by atoms with E-state index in [1.54, 1.807) is 0 Å². The minimum atomic E-state index is -1.36. The van der Waals surface area contributed by atoms with Gasteiger partial charge in [-0.05, 0) is 0 Å². The monoisotopic (exact) mass is 433 g/mol. The van der Waals surface area contributed by atoms with Crippen molar-refractivity contribution in [1.82, 2.24) is 10.2 Å². The minimum absolute atomic E-state index is 0.176. The van der Waals surface area contributed by atoms with Gasteiger partial charge in [-0.3, -0.25) is 24.1 Å². The Morgan fingerprint density at radius 1 is 1.39 bits per heavy atom. The Morgan fingerprint density at radius 2 is 2.07 bits per heavy atom. The summed E-state index contributed by atoms with van der Waals surface area (Å²) in [5.41, 5.74) is -0.627. The zero-order chi connectivity index (χ0) is 21.0. The Hall–Kier alpha value is -2.60. The molecule has 2 rings (SSSR count). The van der Waals surface area contributed by atoms with Gasteiger partial charge in [-0.2, -0.15) is 0 Å². The van der Waals surface area contributed by atoms with Crippen LogP contribution in [0.3, 0.4) is 0 Å². The molecule has 0 aliphatic carbocycles. The van der Waals surface area contributed by atoms with E-state index in [0.717, 1.165) is 12.0 Å². The summed E-state index contributed by atoms with van der Waals surface area (Å²) < 4.78 is 4.83. The highest BCUT2D eigenvalue weighted by Crippen LogP contribution is 2.40. The number of Topliss-reactive ketones (excluding diaryl/α,β-unsaturated/α-hetero) is 1. The Morgan fingerprint density at radius 3 is 2.61 bits per heavy atom. The number of oxime groups is 1. The van der Waals surface area contributed by atoms with Gasteiger partial charge in [0.25, 0.3) is 11.8 Å². The van der Waals surface area contributed by atoms with Crippen LogP contribution >= 0.6 is 23.4 Å². The lowest BCUT2D eigenvalue weighted by atomic mass is 10.0. The molecular weight excluding hydrogens is 418 g/mol. The van der Waals surface area contributed by atoms with E-state index in [1.165, 1.54) is 18.7 Å². The predicted octanol–water partition coefficient (Wildman–Crippen LogP) is -0.902. The first kappa shape index (κ1) is 21.7. The van der Waals surface area contributed by atoms with Crippen LogP contribution in [0.2, 0.25) is 0 Å². The van der Waals surface area contributed by atoms with Gasteiger partial charge < -0.3 is 20.0 Å². The van der Waals surface area contributed by atoms with Crippen LogP contribution in [-0.2, 0) is 33.5 Å². The fraction of sp³-hybridized carbons (Fsp3) is 0.467. The molecule has 0 aromatic heterocycles. The van der Waals surface area contributed by atoms with Crippen LogP contribution in [0.1, 0.15) is 6.92 Å². The van der Waals surface area contributed by atoms with Gasteiger partial charge in [-0.15, -0.1) is 23.4 Å². The quantitative estimate of drug-likeness (QED) is 0.124. The summed E-state index contributed by atoms with van der Waals surface area (Å²) in [5, 5.41) is 14.4. The molecular formula is C15H16ClN3O8S. The maximum Gasteiger partial charge on any atom is 0.352 e. The first-order chi connectivity index (χ1) is 13.2. The molecule has 152 valence electrons. The van der Waals surface area contributed by atoms with Gasteiger partial charge in [-0.25, -0.2) is 4.79 Å². The van der Waals surface area contributed by atoms with Gasteiger partial charge in [0.15, 0.2) is 0 Å². The van der Waals surface area contributed by atoms with E-state index in [9.17, 15) is 29.1 Å². The van der Waals surface area contributed by atoms with Crippen molar-refractivity contribution >= 4 is 58.6 Å². The van der Waals surface area contributed by atoms with Crippen molar-refractivity contribution in [3.05, 3.63) is 11.3 Å². The number of halogens is 1. The molecule has 0 aromatic rings. The number of amides is 2. The zero-order valence-electron chi connectivity index (χ0n) is 14.8. The first-order valence-electron chi connectivity index (χ1n) is 7.77. The molecule has 2 amide bonds. The van der Waals surface area contributed by atoms with Gasteiger partial charge in [0.2, 0.25) is 11.5 Å². The number of hydrogen-bond acceptors (Lipinski definition) is 9. The summed E-state index contributed by atoms with van der Waals surface area (Å²) >= 11 is 6.60. The summed E-state index contributed by atoms with van der Waals surface area (Å²) in [7, 11) is 1.14. The lowest BCUT2D eigenvalue weighted by Gasteiger charge is -2.49. The number of carboxylic acid groups (broad SMARTS) is 1. The Labute approximate surface area is 168 Å². The zero-order valence-corrected chi connectivity index (χ0v) is 16.3. The number of nitrogens with zero attached hydrogens (tertiary/aromatic N) is 2. The summed E-state index contributed by atoms with van der Waals surface area (Å²) in [6.07, 6.45) is 0. The van der Waals surface area contributed by atoms with E-state index in [2.05, 4.69) is 15.3 Å². The molecule has 0 spiro atoms. The number of alkyl halides is 1. The number of aliphatic carboxylic acids is 1. The fourth-order valence-corrected chi connectivity index (χ4v) is 4.02. The number of ketones is 1. The average molecular weight is 434 g/mol. The fourth-order valence-electron chi connectivity index (χ4n) is 2.57. The van der Waals surface area contributed by atoms with Gasteiger partial charge in [0.05, 0.1) is 5.88 Å². The normalized spacial score (nSPS) is 21.5. The van der Waals surface area contributed by atoms with Crippen LogP contribution in [0.5, 0.6) is 0 Å². The highest BCUT2D eigenvalue weighted by Gasteiger charge is 2.54. The third-order valence-electron chi connectivity index (χ3n) is 3.77. The van der Waals surface area contributed by atoms with Gasteiger partial charge in [0, 0.05) is 18.2 Å². The Balaban J connectivity index is 2.18. The van der Waals surface area contributed by atoms with E-state index in [0.29, 0.717) is 0 Å². The number of nitrogens with one attached hydrogen (secondary N) is 1. The van der Waals surface area contributed by atoms with E-state index >= 15 is 0 Å². The first-order valence-corrected chi connectivity index (χ1v) is 9.35. The molecule has 0 saturated carbocycles. The molecule has 11 nitrogen and oxygen atoms in total. The highest BCUT2D eigenvalue weighted by molar-refractivity contribution is 8.00. The standard InChI is InChI=1S/C15H16ClN3O8S/c1-6(20)27-4-7-5-28-14-10(13(23)19(14)11(7)15(24)25)17-12(22)9(18-26-2)8(21)3-16/h10,14H,3-5H2,1-2H3,(H,17,22)(H,24,25)/b18-9+/t10?,14-/m1/s1. The predicted molar refractivity (Wildman–Crippen MR) is 96.5 cm³/mol. The van der Waals surface area contributed by atoms with Crippen molar-refractivity contribution < 1.29 is 38.7 Å². The van der Waals surface area contributed by atoms with E-state index in [1.807, 2.05) is 0 Å². The van der Waals surface area contributed by atoms with Crippen LogP contribution in [0.25, 0.3) is 0 Å². The second-order valence-electron chi connectivity index (χ2n) is 5.58. The number of carboxylic acids is 1. The summed E-state index contributed by atoms with van der Waals surface area (Å²) in [6.45, 7) is 0.924. The number of β-lactam (4-membered cyclic amide) rings is 1. The second kappa shape index (κ2) is 9.06. The van der Waals surface area contributed by atoms with Crippen molar-refractivity contribution in [3.63, 3.8) is 0 Å². The van der Waals surface area contributed by atoms with Gasteiger partial charge in [-0.1, -0.05) is 5.16 Å². The number of thioether (sulfide) groups is 1. The molecule has 1 fully saturated rings. The third-order valence-corrected chi connectivity index (χ3v) is 5.35. The van der Waals surface area contributed by atoms with Crippen LogP contribution in [0.4, 0.5) is 0 Å².